The van der Waals surface area contributed by atoms with Crippen LogP contribution in [-0.4, -0.2) is 41.1 Å². The van der Waals surface area contributed by atoms with Crippen LogP contribution in [0, 0.1) is 18.7 Å². The molecule has 1 N–H and O–H groups in total. The number of esters is 1. The number of ether oxygens (including phenoxy) is 1. The zero-order valence-corrected chi connectivity index (χ0v) is 15.8. The topological polar surface area (TPSA) is 71.5 Å². The van der Waals surface area contributed by atoms with Crippen LogP contribution in [0.25, 0.3) is 11.1 Å². The highest BCUT2D eigenvalue weighted by molar-refractivity contribution is 5.92. The van der Waals surface area contributed by atoms with Gasteiger partial charge in [-0.05, 0) is 55.5 Å². The molecule has 2 unspecified atom stereocenters. The van der Waals surface area contributed by atoms with E-state index in [2.05, 4.69) is 10.3 Å². The Hall–Kier alpha value is -2.96. The van der Waals surface area contributed by atoms with Crippen molar-refractivity contribution in [3.8, 4) is 11.1 Å². The zero-order chi connectivity index (χ0) is 19.8. The summed E-state index contributed by atoms with van der Waals surface area (Å²) in [5, 5.41) is 2.92. The maximum atomic E-state index is 13.5. The van der Waals surface area contributed by atoms with E-state index in [0.717, 1.165) is 36.6 Å². The maximum absolute atomic E-state index is 13.5. The third-order valence-electron chi connectivity index (χ3n) is 5.78. The number of rotatable bonds is 3. The minimum atomic E-state index is -0.409. The molecule has 28 heavy (non-hydrogen) atoms. The first-order valence-corrected chi connectivity index (χ1v) is 9.36. The Balaban J connectivity index is 1.53. The molecule has 1 saturated carbocycles. The zero-order valence-electron chi connectivity index (χ0n) is 15.8. The monoisotopic (exact) mass is 383 g/mol. The van der Waals surface area contributed by atoms with Gasteiger partial charge in [-0.1, -0.05) is 6.07 Å². The molecule has 0 spiro atoms. The van der Waals surface area contributed by atoms with Crippen LogP contribution in [-0.2, 0) is 9.53 Å². The van der Waals surface area contributed by atoms with E-state index >= 15 is 0 Å². The molecule has 1 aliphatic carbocycles. The van der Waals surface area contributed by atoms with Crippen molar-refractivity contribution in [3.63, 3.8) is 0 Å². The molecule has 1 aromatic heterocycles. The predicted octanol–water partition coefficient (Wildman–Crippen LogP) is 3.75. The number of piperidine rings is 1. The van der Waals surface area contributed by atoms with Crippen LogP contribution in [0.3, 0.4) is 0 Å². The average Bonchev–Trinajstić information content (AvgIpc) is 2.68. The third-order valence-corrected chi connectivity index (χ3v) is 5.78. The molecule has 2 aliphatic heterocycles. The average molecular weight is 383 g/mol. The minimum absolute atomic E-state index is 0.108. The first-order chi connectivity index (χ1) is 13.5. The number of urea groups is 1. The molecule has 5 rings (SSSR count). The largest absolute Gasteiger partial charge is 0.469 e. The molecular formula is C21H22FN3O3. The van der Waals surface area contributed by atoms with Gasteiger partial charge < -0.3 is 15.0 Å². The Bertz CT molecular complexity index is 931. The highest BCUT2D eigenvalue weighted by Gasteiger charge is 2.52. The number of benzene rings is 1. The van der Waals surface area contributed by atoms with Crippen LogP contribution < -0.4 is 5.32 Å². The summed E-state index contributed by atoms with van der Waals surface area (Å²) < 4.78 is 18.4. The summed E-state index contributed by atoms with van der Waals surface area (Å²) in [6, 6.07) is 6.77. The van der Waals surface area contributed by atoms with E-state index in [1.165, 1.54) is 13.2 Å². The quantitative estimate of drug-likeness (QED) is 0.820. The first-order valence-electron chi connectivity index (χ1n) is 9.36. The van der Waals surface area contributed by atoms with Crippen LogP contribution >= 0.6 is 0 Å². The highest BCUT2D eigenvalue weighted by Crippen LogP contribution is 2.42. The summed E-state index contributed by atoms with van der Waals surface area (Å²) >= 11 is 0. The van der Waals surface area contributed by atoms with Gasteiger partial charge in [0.15, 0.2) is 0 Å². The Kier molecular flexibility index (Phi) is 4.75. The van der Waals surface area contributed by atoms with Crippen molar-refractivity contribution in [3.05, 3.63) is 48.0 Å². The number of pyridine rings is 1. The van der Waals surface area contributed by atoms with E-state index in [1.54, 1.807) is 11.1 Å². The van der Waals surface area contributed by atoms with E-state index in [-0.39, 0.29) is 30.0 Å². The van der Waals surface area contributed by atoms with Gasteiger partial charge in [-0.25, -0.2) is 9.18 Å². The molecule has 2 saturated heterocycles. The minimum Gasteiger partial charge on any atom is -0.469 e. The molecule has 3 heterocycles. The maximum Gasteiger partial charge on any atom is 0.322 e. The second kappa shape index (κ2) is 7.22. The number of aryl methyl sites for hydroxylation is 1. The van der Waals surface area contributed by atoms with E-state index < -0.39 is 5.82 Å². The molecule has 3 atom stereocenters. The Morgan fingerprint density at radius 2 is 2.07 bits per heavy atom. The van der Waals surface area contributed by atoms with E-state index in [0.29, 0.717) is 11.3 Å². The number of fused-ring (bicyclic) bond motifs is 2. The fraction of sp³-hybridized carbons (Fsp3) is 0.381. The molecule has 1 aromatic carbocycles. The first kappa shape index (κ1) is 18.4. The third kappa shape index (κ3) is 3.21. The van der Waals surface area contributed by atoms with Crippen molar-refractivity contribution in [2.45, 2.75) is 38.3 Å². The fourth-order valence-electron chi connectivity index (χ4n) is 4.32. The van der Waals surface area contributed by atoms with Crippen LogP contribution in [0.15, 0.2) is 36.7 Å². The number of nitrogens with one attached hydrogen (secondary N) is 1. The van der Waals surface area contributed by atoms with E-state index in [4.69, 9.17) is 4.74 Å². The number of methoxy groups -OCH3 is 1. The highest BCUT2D eigenvalue weighted by atomic mass is 19.1. The van der Waals surface area contributed by atoms with Gasteiger partial charge in [0.1, 0.15) is 5.82 Å². The molecule has 3 aliphatic rings. The van der Waals surface area contributed by atoms with Crippen LogP contribution in [0.1, 0.15) is 24.8 Å². The van der Waals surface area contributed by atoms with Gasteiger partial charge in [-0.2, -0.15) is 0 Å². The van der Waals surface area contributed by atoms with Gasteiger partial charge in [-0.3, -0.25) is 9.78 Å². The van der Waals surface area contributed by atoms with Crippen molar-refractivity contribution < 1.29 is 18.7 Å². The lowest BCUT2D eigenvalue weighted by Gasteiger charge is -2.55. The van der Waals surface area contributed by atoms with Crippen molar-refractivity contribution in [2.24, 2.45) is 5.92 Å². The number of nitrogens with zero attached hydrogens (tertiary/aromatic N) is 2. The molecule has 2 amide bonds. The smallest absolute Gasteiger partial charge is 0.322 e. The van der Waals surface area contributed by atoms with Crippen molar-refractivity contribution in [1.29, 1.82) is 0 Å². The number of carbonyl (C=O) groups excluding carboxylic acids is 2. The molecule has 146 valence electrons. The lowest BCUT2D eigenvalue weighted by Crippen LogP contribution is -2.66. The van der Waals surface area contributed by atoms with Gasteiger partial charge in [-0.15, -0.1) is 0 Å². The lowest BCUT2D eigenvalue weighted by molar-refractivity contribution is -0.154. The normalized spacial score (nSPS) is 23.0. The summed E-state index contributed by atoms with van der Waals surface area (Å²) in [6.45, 7) is 1.92. The summed E-state index contributed by atoms with van der Waals surface area (Å²) in [6.07, 6.45) is 5.15. The summed E-state index contributed by atoms with van der Waals surface area (Å²) in [7, 11) is 1.38. The molecule has 6 nitrogen and oxygen atoms in total. The van der Waals surface area contributed by atoms with Gasteiger partial charge >= 0.3 is 12.0 Å². The van der Waals surface area contributed by atoms with Crippen molar-refractivity contribution in [1.82, 2.24) is 9.88 Å². The molecule has 0 radical (unpaired) electrons. The van der Waals surface area contributed by atoms with Gasteiger partial charge in [0.25, 0.3) is 0 Å². The van der Waals surface area contributed by atoms with Crippen molar-refractivity contribution >= 4 is 17.7 Å². The Labute approximate surface area is 162 Å². The van der Waals surface area contributed by atoms with Crippen LogP contribution in [0.5, 0.6) is 0 Å². The predicted molar refractivity (Wildman–Crippen MR) is 102 cm³/mol. The molecule has 7 heteroatoms. The second-order valence-corrected chi connectivity index (χ2v) is 7.42. The van der Waals surface area contributed by atoms with E-state index in [1.807, 2.05) is 25.1 Å². The number of halogens is 1. The number of hydrogen-bond acceptors (Lipinski definition) is 4. The second-order valence-electron chi connectivity index (χ2n) is 7.42. The van der Waals surface area contributed by atoms with Crippen LogP contribution in [0.2, 0.25) is 0 Å². The number of amides is 2. The summed E-state index contributed by atoms with van der Waals surface area (Å²) in [5.74, 6) is -0.918. The molecule has 2 bridgehead atoms. The van der Waals surface area contributed by atoms with Gasteiger partial charge in [0.05, 0.1) is 19.2 Å². The van der Waals surface area contributed by atoms with Crippen molar-refractivity contribution in [2.75, 3.05) is 12.4 Å². The SMILES string of the molecule is COC(=O)C1CCC2C[C@@H]1N2C(=O)Nc1ccc(C)c(-c2cncc(F)c2)c1. The van der Waals surface area contributed by atoms with Gasteiger partial charge in [0, 0.05) is 29.5 Å². The molecule has 3 fully saturated rings. The Morgan fingerprint density at radius 1 is 1.25 bits per heavy atom. The van der Waals surface area contributed by atoms with E-state index in [9.17, 15) is 14.0 Å². The summed E-state index contributed by atoms with van der Waals surface area (Å²) in [5.41, 5.74) is 3.03. The fourth-order valence-corrected chi connectivity index (χ4v) is 4.32. The number of hydrogen-bond donors (Lipinski definition) is 1. The summed E-state index contributed by atoms with van der Waals surface area (Å²) in [4.78, 5) is 30.5. The number of aromatic nitrogens is 1. The molecule has 2 aromatic rings. The Morgan fingerprint density at radius 3 is 2.79 bits per heavy atom. The lowest BCUT2D eigenvalue weighted by atomic mass is 9.72. The number of anilines is 1. The molecular weight excluding hydrogens is 361 g/mol. The van der Waals surface area contributed by atoms with Gasteiger partial charge in [0.2, 0.25) is 0 Å². The number of carbonyl (C=O) groups is 2. The van der Waals surface area contributed by atoms with Crippen LogP contribution in [0.4, 0.5) is 14.9 Å². The standard InChI is InChI=1S/C21H22FN3O3/c1-12-3-4-15(8-18(12)13-7-14(22)11-23-10-13)24-21(27)25-16-5-6-17(19(25)9-16)20(26)28-2/h3-4,7-8,10-11,16-17,19H,5-6,9H2,1-2H3,(H,24,27)/t16?,17?,19-/m0/s1.